The first-order valence-corrected chi connectivity index (χ1v) is 16.3. The zero-order valence-corrected chi connectivity index (χ0v) is 25.2. The van der Waals surface area contributed by atoms with E-state index in [1.54, 1.807) is 24.3 Å². The van der Waals surface area contributed by atoms with Gasteiger partial charge in [0.25, 0.3) is 0 Å². The summed E-state index contributed by atoms with van der Waals surface area (Å²) in [6.45, 7) is 1.55. The van der Waals surface area contributed by atoms with Crippen LogP contribution < -0.4 is 9.62 Å². The van der Waals surface area contributed by atoms with Gasteiger partial charge in [-0.1, -0.05) is 98.1 Å². The molecule has 0 bridgehead atoms. The van der Waals surface area contributed by atoms with Crippen molar-refractivity contribution >= 4 is 39.1 Å². The lowest BCUT2D eigenvalue weighted by Crippen LogP contribution is -2.54. The zero-order chi connectivity index (χ0) is 29.4. The normalized spacial score (nSPS) is 14.4. The maximum Gasteiger partial charge on any atom is 0.244 e. The third kappa shape index (κ3) is 8.11. The molecule has 9 heteroatoms. The zero-order valence-electron chi connectivity index (χ0n) is 23.6. The number of carbonyl (C=O) groups is 2. The predicted molar refractivity (Wildman–Crippen MR) is 164 cm³/mol. The Kier molecular flexibility index (Phi) is 10.5. The number of para-hydroxylation sites is 1. The molecular formula is C32H38ClN3O4S. The summed E-state index contributed by atoms with van der Waals surface area (Å²) in [5, 5.41) is 3.64. The van der Waals surface area contributed by atoms with Crippen molar-refractivity contribution in [1.29, 1.82) is 0 Å². The summed E-state index contributed by atoms with van der Waals surface area (Å²) in [5.41, 5.74) is 2.84. The van der Waals surface area contributed by atoms with Crippen molar-refractivity contribution in [2.75, 3.05) is 17.1 Å². The summed E-state index contributed by atoms with van der Waals surface area (Å²) in [5.74, 6) is -0.732. The Hall–Kier alpha value is -3.36. The number of hydrogen-bond acceptors (Lipinski definition) is 4. The Balaban J connectivity index is 1.75. The van der Waals surface area contributed by atoms with E-state index in [0.29, 0.717) is 22.7 Å². The van der Waals surface area contributed by atoms with Crippen molar-refractivity contribution in [1.82, 2.24) is 10.2 Å². The lowest BCUT2D eigenvalue weighted by Gasteiger charge is -2.34. The van der Waals surface area contributed by atoms with Gasteiger partial charge in [0.05, 0.1) is 11.9 Å². The molecule has 0 radical (unpaired) electrons. The van der Waals surface area contributed by atoms with Gasteiger partial charge in [-0.15, -0.1) is 0 Å². The smallest absolute Gasteiger partial charge is 0.244 e. The molecule has 1 aliphatic carbocycles. The average Bonchev–Trinajstić information content (AvgIpc) is 3.47. The second-order valence-electron chi connectivity index (χ2n) is 10.6. The van der Waals surface area contributed by atoms with Gasteiger partial charge in [-0.25, -0.2) is 8.42 Å². The quantitative estimate of drug-likeness (QED) is 0.305. The lowest BCUT2D eigenvalue weighted by molar-refractivity contribution is -0.140. The number of benzene rings is 3. The largest absolute Gasteiger partial charge is 0.352 e. The average molecular weight is 596 g/mol. The standard InChI is InChI=1S/C32H38ClN3O4S/c1-3-25-15-8-12-20-29(25)36(41(2,39)40)23-31(37)35(22-26-16-7-11-19-28(26)33)30(21-24-13-5-4-6-14-24)32(38)34-27-17-9-10-18-27/h4-8,11-16,19-20,27,30H,3,9-10,17-18,21-23H2,1-2H3,(H,34,38)/t30-/m1/s1. The van der Waals surface area contributed by atoms with E-state index in [0.717, 1.165) is 47.4 Å². The number of carbonyl (C=O) groups excluding carboxylic acids is 2. The summed E-state index contributed by atoms with van der Waals surface area (Å²) in [7, 11) is -3.82. The van der Waals surface area contributed by atoms with E-state index < -0.39 is 28.5 Å². The lowest BCUT2D eigenvalue weighted by atomic mass is 10.0. The number of rotatable bonds is 12. The molecule has 3 aromatic carbocycles. The van der Waals surface area contributed by atoms with Gasteiger partial charge in [0.2, 0.25) is 21.8 Å². The van der Waals surface area contributed by atoms with E-state index in [-0.39, 0.29) is 24.9 Å². The molecular weight excluding hydrogens is 558 g/mol. The second-order valence-corrected chi connectivity index (χ2v) is 12.9. The highest BCUT2D eigenvalue weighted by Crippen LogP contribution is 2.26. The number of sulfonamides is 1. The summed E-state index contributed by atoms with van der Waals surface area (Å²) >= 11 is 6.52. The van der Waals surface area contributed by atoms with Gasteiger partial charge < -0.3 is 10.2 Å². The van der Waals surface area contributed by atoms with Crippen molar-refractivity contribution in [2.24, 2.45) is 0 Å². The van der Waals surface area contributed by atoms with Gasteiger partial charge in [-0.05, 0) is 48.1 Å². The molecule has 1 aliphatic rings. The first-order valence-electron chi connectivity index (χ1n) is 14.1. The van der Waals surface area contributed by atoms with Crippen LogP contribution in [0.5, 0.6) is 0 Å². The molecule has 7 nitrogen and oxygen atoms in total. The van der Waals surface area contributed by atoms with Crippen LogP contribution >= 0.6 is 11.6 Å². The number of amides is 2. The fourth-order valence-electron chi connectivity index (χ4n) is 5.38. The molecule has 1 atom stereocenters. The predicted octanol–water partition coefficient (Wildman–Crippen LogP) is 5.37. The summed E-state index contributed by atoms with van der Waals surface area (Å²) in [6, 6.07) is 23.1. The molecule has 1 saturated carbocycles. The molecule has 1 N–H and O–H groups in total. The molecule has 4 rings (SSSR count). The third-order valence-electron chi connectivity index (χ3n) is 7.59. The minimum atomic E-state index is -3.82. The van der Waals surface area contributed by atoms with E-state index >= 15 is 0 Å². The molecule has 0 spiro atoms. The number of aryl methyl sites for hydroxylation is 1. The van der Waals surface area contributed by atoms with Crippen LogP contribution in [0.3, 0.4) is 0 Å². The van der Waals surface area contributed by atoms with Gasteiger partial charge in [0.15, 0.2) is 0 Å². The van der Waals surface area contributed by atoms with E-state index in [9.17, 15) is 18.0 Å². The highest BCUT2D eigenvalue weighted by molar-refractivity contribution is 7.92. The first-order chi connectivity index (χ1) is 19.7. The number of hydrogen-bond donors (Lipinski definition) is 1. The van der Waals surface area contributed by atoms with Gasteiger partial charge in [-0.3, -0.25) is 13.9 Å². The van der Waals surface area contributed by atoms with Crippen LogP contribution in [0.1, 0.15) is 49.3 Å². The molecule has 0 aliphatic heterocycles. The highest BCUT2D eigenvalue weighted by atomic mass is 35.5. The summed E-state index contributed by atoms with van der Waals surface area (Å²) < 4.78 is 27.2. The molecule has 1 fully saturated rings. The molecule has 218 valence electrons. The highest BCUT2D eigenvalue weighted by Gasteiger charge is 2.34. The van der Waals surface area contributed by atoms with Crippen LogP contribution in [-0.4, -0.2) is 50.0 Å². The van der Waals surface area contributed by atoms with E-state index in [4.69, 9.17) is 11.6 Å². The maximum absolute atomic E-state index is 14.3. The van der Waals surface area contributed by atoms with Gasteiger partial charge >= 0.3 is 0 Å². The Bertz CT molecular complexity index is 1440. The minimum absolute atomic E-state index is 0.0567. The molecule has 0 heterocycles. The molecule has 2 amide bonds. The Morgan fingerprint density at radius 2 is 1.54 bits per heavy atom. The monoisotopic (exact) mass is 595 g/mol. The number of nitrogens with one attached hydrogen (secondary N) is 1. The molecule has 3 aromatic rings. The van der Waals surface area contributed by atoms with Crippen LogP contribution in [0.25, 0.3) is 0 Å². The number of anilines is 1. The fraction of sp³-hybridized carbons (Fsp3) is 0.375. The number of nitrogens with zero attached hydrogens (tertiary/aromatic N) is 2. The topological polar surface area (TPSA) is 86.8 Å². The van der Waals surface area contributed by atoms with Crippen LogP contribution in [0.2, 0.25) is 5.02 Å². The fourth-order valence-corrected chi connectivity index (χ4v) is 6.46. The van der Waals surface area contributed by atoms with Crippen LogP contribution in [0.4, 0.5) is 5.69 Å². The second kappa shape index (κ2) is 14.0. The molecule has 41 heavy (non-hydrogen) atoms. The summed E-state index contributed by atoms with van der Waals surface area (Å²) in [4.78, 5) is 29.7. The SMILES string of the molecule is CCc1ccccc1N(CC(=O)N(Cc1ccccc1Cl)[C@H](Cc1ccccc1)C(=O)NC1CCCC1)S(C)(=O)=O. The molecule has 0 aromatic heterocycles. The van der Waals surface area contributed by atoms with Crippen molar-refractivity contribution in [3.05, 3.63) is 101 Å². The Morgan fingerprint density at radius 3 is 2.17 bits per heavy atom. The maximum atomic E-state index is 14.3. The van der Waals surface area contributed by atoms with E-state index in [1.165, 1.54) is 4.90 Å². The Labute approximate surface area is 248 Å². The van der Waals surface area contributed by atoms with Gasteiger partial charge in [0.1, 0.15) is 12.6 Å². The van der Waals surface area contributed by atoms with Crippen LogP contribution in [0.15, 0.2) is 78.9 Å². The molecule has 0 unspecified atom stereocenters. The van der Waals surface area contributed by atoms with Crippen LogP contribution in [-0.2, 0) is 39.0 Å². The van der Waals surface area contributed by atoms with E-state index in [1.807, 2.05) is 61.5 Å². The first kappa shape index (κ1) is 30.6. The van der Waals surface area contributed by atoms with Crippen molar-refractivity contribution in [3.8, 4) is 0 Å². The third-order valence-corrected chi connectivity index (χ3v) is 9.09. The van der Waals surface area contributed by atoms with Crippen molar-refractivity contribution < 1.29 is 18.0 Å². The number of halogens is 1. The Morgan fingerprint density at radius 1 is 0.927 bits per heavy atom. The summed E-state index contributed by atoms with van der Waals surface area (Å²) in [6.07, 6.45) is 5.88. The molecule has 0 saturated heterocycles. The van der Waals surface area contributed by atoms with E-state index in [2.05, 4.69) is 5.32 Å². The van der Waals surface area contributed by atoms with Gasteiger partial charge in [-0.2, -0.15) is 0 Å². The van der Waals surface area contributed by atoms with Gasteiger partial charge in [0, 0.05) is 24.0 Å². The van der Waals surface area contributed by atoms with Crippen molar-refractivity contribution in [2.45, 2.75) is 64.1 Å². The van der Waals surface area contributed by atoms with Crippen molar-refractivity contribution in [3.63, 3.8) is 0 Å². The van der Waals surface area contributed by atoms with Crippen LogP contribution in [0, 0.1) is 0 Å². The minimum Gasteiger partial charge on any atom is -0.352 e.